The standard InChI is InChI=1S/C58H66BN3O/c1-34-28-36(53(2,3)4)16-22-44(34)62-46-30-35(33-60)29-45-49(46)59(52-50(62)39-31-37(54(5,6)7)17-23-47(39)63-52)43-21-20-41-48(58(14,15)27-26-56(41,10)11)51(43)61(45)38-18-19-40-42(32-38)57(12,13)25-24-55(40,8)9/h16-23,28-32H,24-27H2,1-15H3. The number of aryl methyl sites for hydroxylation is 1. The van der Waals surface area contributed by atoms with Gasteiger partial charge in [0.25, 0.3) is 6.71 Å². The van der Waals surface area contributed by atoms with Gasteiger partial charge in [0.15, 0.2) is 0 Å². The minimum Gasteiger partial charge on any atom is -0.468 e. The third-order valence-electron chi connectivity index (χ3n) is 16.0. The first kappa shape index (κ1) is 41.8. The molecule has 0 N–H and O–H groups in total. The molecule has 5 heteroatoms. The van der Waals surface area contributed by atoms with Gasteiger partial charge in [-0.2, -0.15) is 5.26 Å². The lowest BCUT2D eigenvalue weighted by atomic mass is 9.35. The molecule has 4 aliphatic rings. The van der Waals surface area contributed by atoms with E-state index < -0.39 is 0 Å². The van der Waals surface area contributed by atoms with E-state index in [0.717, 1.165) is 70.7 Å². The van der Waals surface area contributed by atoms with Crippen molar-refractivity contribution in [2.45, 2.75) is 162 Å². The number of anilines is 6. The lowest BCUT2D eigenvalue weighted by molar-refractivity contribution is 0.331. The van der Waals surface area contributed by atoms with E-state index in [2.05, 4.69) is 199 Å². The summed E-state index contributed by atoms with van der Waals surface area (Å²) in [7, 11) is 0. The predicted octanol–water partition coefficient (Wildman–Crippen LogP) is 14.0. The minimum absolute atomic E-state index is 0.00134. The Morgan fingerprint density at radius 2 is 1.16 bits per heavy atom. The van der Waals surface area contributed by atoms with Crippen molar-refractivity contribution in [2.75, 3.05) is 9.80 Å². The topological polar surface area (TPSA) is 43.4 Å². The summed E-state index contributed by atoms with van der Waals surface area (Å²) in [5.41, 5.74) is 21.1. The molecule has 5 aromatic carbocycles. The van der Waals surface area contributed by atoms with Gasteiger partial charge in [0.05, 0.1) is 23.0 Å². The van der Waals surface area contributed by atoms with Gasteiger partial charge in [-0.15, -0.1) is 0 Å². The highest BCUT2D eigenvalue weighted by molar-refractivity contribution is 7.00. The number of rotatable bonds is 2. The molecule has 63 heavy (non-hydrogen) atoms. The highest BCUT2D eigenvalue weighted by Crippen LogP contribution is 2.56. The third kappa shape index (κ3) is 6.13. The molecule has 0 saturated heterocycles. The molecule has 1 aromatic heterocycles. The molecule has 2 aliphatic heterocycles. The monoisotopic (exact) mass is 832 g/mol. The van der Waals surface area contributed by atoms with Crippen LogP contribution in [0.5, 0.6) is 0 Å². The first-order chi connectivity index (χ1) is 29.3. The Labute approximate surface area is 377 Å². The Kier molecular flexibility index (Phi) is 8.75. The summed E-state index contributed by atoms with van der Waals surface area (Å²) >= 11 is 0. The number of hydrogen-bond donors (Lipinski definition) is 0. The van der Waals surface area contributed by atoms with Crippen molar-refractivity contribution in [2.24, 2.45) is 0 Å². The Bertz CT molecular complexity index is 2970. The van der Waals surface area contributed by atoms with Crippen molar-refractivity contribution < 1.29 is 4.42 Å². The van der Waals surface area contributed by atoms with Crippen LogP contribution in [-0.4, -0.2) is 6.71 Å². The summed E-state index contributed by atoms with van der Waals surface area (Å²) in [6, 6.07) is 33.0. The van der Waals surface area contributed by atoms with Crippen LogP contribution < -0.4 is 26.4 Å². The summed E-state index contributed by atoms with van der Waals surface area (Å²) in [6.45, 7) is 35.2. The van der Waals surface area contributed by atoms with E-state index in [1.165, 1.54) is 55.6 Å². The fourth-order valence-electron chi connectivity index (χ4n) is 11.8. The smallest absolute Gasteiger partial charge is 0.297 e. The zero-order valence-electron chi connectivity index (χ0n) is 40.7. The van der Waals surface area contributed by atoms with Gasteiger partial charge in [0, 0.05) is 33.8 Å². The second-order valence-electron chi connectivity index (χ2n) is 24.4. The van der Waals surface area contributed by atoms with Gasteiger partial charge in [-0.3, -0.25) is 0 Å². The molecule has 6 aromatic rings. The lowest BCUT2D eigenvalue weighted by Gasteiger charge is -2.49. The molecule has 0 atom stereocenters. The van der Waals surface area contributed by atoms with E-state index in [4.69, 9.17) is 4.42 Å². The van der Waals surface area contributed by atoms with Gasteiger partial charge in [0.1, 0.15) is 5.58 Å². The zero-order chi connectivity index (χ0) is 45.1. The van der Waals surface area contributed by atoms with Gasteiger partial charge < -0.3 is 14.2 Å². The fraction of sp³-hybridized carbons (Fsp3) is 0.431. The maximum atomic E-state index is 11.1. The van der Waals surface area contributed by atoms with E-state index in [1.54, 1.807) is 0 Å². The van der Waals surface area contributed by atoms with Gasteiger partial charge in [-0.05, 0) is 157 Å². The largest absolute Gasteiger partial charge is 0.468 e. The van der Waals surface area contributed by atoms with Crippen molar-refractivity contribution in [3.05, 3.63) is 123 Å². The molecular weight excluding hydrogens is 765 g/mol. The molecule has 0 fully saturated rings. The van der Waals surface area contributed by atoms with Crippen molar-refractivity contribution in [3.63, 3.8) is 0 Å². The van der Waals surface area contributed by atoms with Gasteiger partial charge in [0.2, 0.25) is 0 Å². The van der Waals surface area contributed by atoms with Crippen LogP contribution in [0.15, 0.2) is 83.3 Å². The molecule has 10 rings (SSSR count). The number of hydrogen-bond acceptors (Lipinski definition) is 4. The quantitative estimate of drug-likeness (QED) is 0.163. The van der Waals surface area contributed by atoms with Gasteiger partial charge in [-0.1, -0.05) is 133 Å². The number of nitriles is 1. The van der Waals surface area contributed by atoms with Crippen molar-refractivity contribution in [3.8, 4) is 6.07 Å². The summed E-state index contributed by atoms with van der Waals surface area (Å²) in [4.78, 5) is 5.04. The van der Waals surface area contributed by atoms with Crippen LogP contribution in [0.3, 0.4) is 0 Å². The summed E-state index contributed by atoms with van der Waals surface area (Å²) in [5.74, 6) is 0. The Morgan fingerprint density at radius 3 is 1.79 bits per heavy atom. The van der Waals surface area contributed by atoms with Crippen molar-refractivity contribution in [1.82, 2.24) is 0 Å². The highest BCUT2D eigenvalue weighted by Gasteiger charge is 2.51. The van der Waals surface area contributed by atoms with E-state index in [0.29, 0.717) is 5.56 Å². The van der Waals surface area contributed by atoms with Crippen molar-refractivity contribution >= 4 is 68.4 Å². The summed E-state index contributed by atoms with van der Waals surface area (Å²) < 4.78 is 7.37. The average molecular weight is 832 g/mol. The van der Waals surface area contributed by atoms with Crippen LogP contribution in [-0.2, 0) is 32.5 Å². The molecule has 4 nitrogen and oxygen atoms in total. The Balaban J connectivity index is 1.37. The SMILES string of the molecule is Cc1cc(C(C)(C)C)ccc1N1c2cc(C#N)cc3c2B(c2ccc4c(c2N3c2ccc3c(c2)C(C)(C)CCC3(C)C)C(C)(C)CCC4(C)C)c2oc3ccc(C(C)(C)C)cc3c21. The normalized spacial score (nSPS) is 18.9. The number of furan rings is 1. The first-order valence-electron chi connectivity index (χ1n) is 23.5. The van der Waals surface area contributed by atoms with E-state index in [1.807, 2.05) is 0 Å². The third-order valence-corrected chi connectivity index (χ3v) is 16.0. The van der Waals surface area contributed by atoms with Crippen molar-refractivity contribution in [1.29, 1.82) is 5.26 Å². The summed E-state index contributed by atoms with van der Waals surface area (Å²) in [5, 5.41) is 12.2. The molecule has 0 amide bonds. The predicted molar refractivity (Wildman–Crippen MR) is 268 cm³/mol. The molecule has 3 heterocycles. The maximum absolute atomic E-state index is 11.1. The first-order valence-corrected chi connectivity index (χ1v) is 23.5. The maximum Gasteiger partial charge on any atom is 0.297 e. The lowest BCUT2D eigenvalue weighted by Crippen LogP contribution is -2.61. The fourth-order valence-corrected chi connectivity index (χ4v) is 11.8. The molecule has 0 spiro atoms. The van der Waals surface area contributed by atoms with Crippen LogP contribution >= 0.6 is 0 Å². The van der Waals surface area contributed by atoms with Crippen LogP contribution in [0.25, 0.3) is 11.0 Å². The van der Waals surface area contributed by atoms with Crippen LogP contribution in [0, 0.1) is 18.3 Å². The molecular formula is C58H66BN3O. The Morgan fingerprint density at radius 1 is 0.587 bits per heavy atom. The molecule has 0 unspecified atom stereocenters. The van der Waals surface area contributed by atoms with Crippen LogP contribution in [0.1, 0.15) is 167 Å². The minimum atomic E-state index is -0.195. The van der Waals surface area contributed by atoms with E-state index in [9.17, 15) is 5.26 Å². The second kappa shape index (κ2) is 13.2. The van der Waals surface area contributed by atoms with E-state index in [-0.39, 0.29) is 39.2 Å². The highest BCUT2D eigenvalue weighted by atomic mass is 16.3. The van der Waals surface area contributed by atoms with Gasteiger partial charge >= 0.3 is 0 Å². The Hall–Kier alpha value is -5.21. The number of nitrogens with zero attached hydrogens (tertiary/aromatic N) is 3. The molecule has 0 saturated carbocycles. The zero-order valence-corrected chi connectivity index (χ0v) is 40.7. The molecule has 0 bridgehead atoms. The van der Waals surface area contributed by atoms with E-state index >= 15 is 0 Å². The number of benzene rings is 5. The molecule has 322 valence electrons. The molecule has 0 radical (unpaired) electrons. The summed E-state index contributed by atoms with van der Waals surface area (Å²) in [6.07, 6.45) is 4.52. The van der Waals surface area contributed by atoms with Crippen LogP contribution in [0.4, 0.5) is 34.1 Å². The van der Waals surface area contributed by atoms with Gasteiger partial charge in [-0.25, -0.2) is 0 Å². The second-order valence-corrected chi connectivity index (χ2v) is 24.4. The van der Waals surface area contributed by atoms with Crippen LogP contribution in [0.2, 0.25) is 0 Å². The molecule has 2 aliphatic carbocycles. The number of fused-ring (bicyclic) bond motifs is 9. The average Bonchev–Trinajstić information content (AvgIpc) is 3.59.